The zero-order valence-electron chi connectivity index (χ0n) is 41.5. The highest BCUT2D eigenvalue weighted by Gasteiger charge is 2.23. The summed E-state index contributed by atoms with van der Waals surface area (Å²) < 4.78 is 23.3. The minimum atomic E-state index is -4.61. The third kappa shape index (κ3) is 47.7. The molecule has 9 heteroatoms. The van der Waals surface area contributed by atoms with Crippen LogP contribution in [0, 0.1) is 0 Å². The van der Waals surface area contributed by atoms with Crippen LogP contribution in [-0.4, -0.2) is 68.5 Å². The van der Waals surface area contributed by atoms with Crippen LogP contribution in [0.5, 0.6) is 0 Å². The van der Waals surface area contributed by atoms with E-state index in [1.807, 2.05) is 27.2 Å². The van der Waals surface area contributed by atoms with Crippen LogP contribution in [0.2, 0.25) is 0 Å². The van der Waals surface area contributed by atoms with Gasteiger partial charge >= 0.3 is 0 Å². The van der Waals surface area contributed by atoms with E-state index in [1.54, 1.807) is 6.08 Å². The lowest BCUT2D eigenvalue weighted by molar-refractivity contribution is -0.870. The van der Waals surface area contributed by atoms with Crippen molar-refractivity contribution in [2.75, 3.05) is 40.9 Å². The van der Waals surface area contributed by atoms with Gasteiger partial charge in [-0.25, -0.2) is 0 Å². The number of carbonyl (C=O) groups is 1. The van der Waals surface area contributed by atoms with Crippen molar-refractivity contribution in [1.29, 1.82) is 0 Å². The lowest BCUT2D eigenvalue weighted by Crippen LogP contribution is -2.45. The molecule has 0 bridgehead atoms. The number of aliphatic hydroxyl groups excluding tert-OH is 1. The van der Waals surface area contributed by atoms with E-state index in [0.717, 1.165) is 70.6 Å². The normalized spacial score (nSPS) is 14.7. The van der Waals surface area contributed by atoms with Gasteiger partial charge in [0, 0.05) is 6.42 Å². The van der Waals surface area contributed by atoms with Crippen LogP contribution in [0.4, 0.5) is 0 Å². The number of phosphoric acid groups is 1. The van der Waals surface area contributed by atoms with Gasteiger partial charge in [0.2, 0.25) is 5.91 Å². The van der Waals surface area contributed by atoms with E-state index in [0.29, 0.717) is 17.4 Å². The number of phosphoric ester groups is 1. The second-order valence-corrected chi connectivity index (χ2v) is 19.9. The Hall–Kier alpha value is -2.06. The number of allylic oxidation sites excluding steroid dienone is 11. The van der Waals surface area contributed by atoms with Crippen LogP contribution in [-0.2, 0) is 18.4 Å². The van der Waals surface area contributed by atoms with Gasteiger partial charge in [-0.15, -0.1) is 0 Å². The number of nitrogens with zero attached hydrogens (tertiary/aromatic N) is 1. The molecule has 0 rings (SSSR count). The molecule has 2 N–H and O–H groups in total. The second-order valence-electron chi connectivity index (χ2n) is 18.5. The van der Waals surface area contributed by atoms with Gasteiger partial charge in [0.1, 0.15) is 13.2 Å². The largest absolute Gasteiger partial charge is 0.756 e. The van der Waals surface area contributed by atoms with Gasteiger partial charge in [-0.3, -0.25) is 9.36 Å². The molecule has 1 amide bonds. The van der Waals surface area contributed by atoms with Crippen molar-refractivity contribution in [2.45, 2.75) is 225 Å². The van der Waals surface area contributed by atoms with Gasteiger partial charge in [-0.05, 0) is 83.5 Å². The van der Waals surface area contributed by atoms with E-state index < -0.39 is 26.6 Å². The molecular weight excluding hydrogens is 804 g/mol. The van der Waals surface area contributed by atoms with Crippen LogP contribution in [0.15, 0.2) is 72.9 Å². The number of unbranched alkanes of at least 4 members (excludes halogenated alkanes) is 23. The van der Waals surface area contributed by atoms with Gasteiger partial charge in [-0.1, -0.05) is 196 Å². The van der Waals surface area contributed by atoms with Gasteiger partial charge in [0.25, 0.3) is 7.82 Å². The maximum atomic E-state index is 12.9. The van der Waals surface area contributed by atoms with Crippen LogP contribution in [0.3, 0.4) is 0 Å². The summed E-state index contributed by atoms with van der Waals surface area (Å²) in [6.45, 7) is 4.59. The Bertz CT molecular complexity index is 1250. The lowest BCUT2D eigenvalue weighted by Gasteiger charge is -2.29. The molecule has 0 spiro atoms. The molecule has 63 heavy (non-hydrogen) atoms. The molecule has 0 aromatic rings. The first-order valence-electron chi connectivity index (χ1n) is 25.8. The fourth-order valence-electron chi connectivity index (χ4n) is 7.01. The summed E-state index contributed by atoms with van der Waals surface area (Å²) in [5.74, 6) is -0.226. The zero-order valence-corrected chi connectivity index (χ0v) is 42.4. The number of nitrogens with one attached hydrogen (secondary N) is 1. The predicted molar refractivity (Wildman–Crippen MR) is 270 cm³/mol. The van der Waals surface area contributed by atoms with Crippen molar-refractivity contribution in [1.82, 2.24) is 5.32 Å². The van der Waals surface area contributed by atoms with Crippen molar-refractivity contribution >= 4 is 13.7 Å². The smallest absolute Gasteiger partial charge is 0.268 e. The summed E-state index contributed by atoms with van der Waals surface area (Å²) in [7, 11) is 1.22. The Morgan fingerprint density at radius 1 is 0.556 bits per heavy atom. The number of carbonyl (C=O) groups excluding carboxylic acids is 1. The summed E-state index contributed by atoms with van der Waals surface area (Å²) in [6.07, 6.45) is 61.0. The first-order chi connectivity index (χ1) is 30.5. The SMILES string of the molecule is CCCCCCC/C=C\C/C=C\C/C=C\CCCCCCCCC(=O)NC(COP(=O)([O-])OCC[N+](C)(C)C)C(O)/C=C/CC/C=C/CC/C=C/CCCCCCCCCCCC. The van der Waals surface area contributed by atoms with Gasteiger partial charge in [0.15, 0.2) is 0 Å². The summed E-state index contributed by atoms with van der Waals surface area (Å²) in [5, 5.41) is 13.8. The molecule has 3 unspecified atom stereocenters. The Balaban J connectivity index is 4.44. The highest BCUT2D eigenvalue weighted by Crippen LogP contribution is 2.38. The number of quaternary nitrogens is 1. The fraction of sp³-hybridized carbons (Fsp3) is 0.759. The Kier molecular flexibility index (Phi) is 43.6. The third-order valence-corrected chi connectivity index (χ3v) is 12.1. The minimum Gasteiger partial charge on any atom is -0.756 e. The summed E-state index contributed by atoms with van der Waals surface area (Å²) >= 11 is 0. The van der Waals surface area contributed by atoms with E-state index in [1.165, 1.54) is 122 Å². The lowest BCUT2D eigenvalue weighted by atomic mass is 10.1. The molecule has 0 aromatic carbocycles. The fourth-order valence-corrected chi connectivity index (χ4v) is 7.74. The summed E-state index contributed by atoms with van der Waals surface area (Å²) in [5.41, 5.74) is 0. The Morgan fingerprint density at radius 2 is 0.937 bits per heavy atom. The van der Waals surface area contributed by atoms with Crippen LogP contribution < -0.4 is 10.2 Å². The minimum absolute atomic E-state index is 0.0150. The topological polar surface area (TPSA) is 108 Å². The highest BCUT2D eigenvalue weighted by molar-refractivity contribution is 7.45. The molecule has 0 saturated carbocycles. The van der Waals surface area contributed by atoms with E-state index >= 15 is 0 Å². The molecule has 0 aliphatic carbocycles. The molecule has 0 radical (unpaired) electrons. The molecule has 8 nitrogen and oxygen atoms in total. The average Bonchev–Trinajstić information content (AvgIpc) is 3.24. The van der Waals surface area contributed by atoms with E-state index in [9.17, 15) is 19.4 Å². The maximum Gasteiger partial charge on any atom is 0.268 e. The van der Waals surface area contributed by atoms with Gasteiger partial charge in [0.05, 0.1) is 39.9 Å². The summed E-state index contributed by atoms with van der Waals surface area (Å²) in [4.78, 5) is 25.4. The maximum absolute atomic E-state index is 12.9. The molecular formula is C54H99N2O6P. The monoisotopic (exact) mass is 903 g/mol. The molecule has 0 aliphatic rings. The molecule has 3 atom stereocenters. The number of rotatable bonds is 46. The number of aliphatic hydroxyl groups is 1. The van der Waals surface area contributed by atoms with Crippen LogP contribution in [0.25, 0.3) is 0 Å². The highest BCUT2D eigenvalue weighted by atomic mass is 31.2. The zero-order chi connectivity index (χ0) is 46.4. The molecule has 366 valence electrons. The molecule has 0 aliphatic heterocycles. The second kappa shape index (κ2) is 45.1. The standard InChI is InChI=1S/C54H99N2O6P/c1-6-8-10-12-14-16-18-20-22-24-26-28-30-32-34-36-38-40-42-44-46-48-54(58)55-52(51-62-63(59,60)61-50-49-56(3,4)5)53(57)47-45-43-41-39-37-35-33-31-29-27-25-23-21-19-17-15-13-11-9-7-2/h18,20,24,26,29-32,37,39,45,47,52-53,57H,6-17,19,21-23,25,27-28,33-36,38,40-44,46,48-51H2,1-5H3,(H-,55,58,59,60)/b20-18-,26-24-,31-29+,32-30-,39-37+,47-45+. The first-order valence-corrected chi connectivity index (χ1v) is 27.3. The van der Waals surface area contributed by atoms with Gasteiger partial charge in [-0.2, -0.15) is 0 Å². The van der Waals surface area contributed by atoms with E-state index in [2.05, 4.69) is 79.9 Å². The van der Waals surface area contributed by atoms with Crippen molar-refractivity contribution in [3.05, 3.63) is 72.9 Å². The van der Waals surface area contributed by atoms with Crippen molar-refractivity contribution in [3.63, 3.8) is 0 Å². The Morgan fingerprint density at radius 3 is 1.40 bits per heavy atom. The van der Waals surface area contributed by atoms with Crippen LogP contribution in [0.1, 0.15) is 213 Å². The number of hydrogen-bond donors (Lipinski definition) is 2. The van der Waals surface area contributed by atoms with E-state index in [-0.39, 0.29) is 12.5 Å². The number of likely N-dealkylation sites (N-methyl/N-ethyl adjacent to an activating group) is 1. The first kappa shape index (κ1) is 60.9. The predicted octanol–water partition coefficient (Wildman–Crippen LogP) is 14.5. The molecule has 0 fully saturated rings. The number of amides is 1. The molecule has 0 heterocycles. The Labute approximate surface area is 389 Å². The average molecular weight is 903 g/mol. The van der Waals surface area contributed by atoms with E-state index in [4.69, 9.17) is 9.05 Å². The quantitative estimate of drug-likeness (QED) is 0.0273. The van der Waals surface area contributed by atoms with Gasteiger partial charge < -0.3 is 28.8 Å². The third-order valence-electron chi connectivity index (χ3n) is 11.1. The molecule has 0 saturated heterocycles. The summed E-state index contributed by atoms with van der Waals surface area (Å²) in [6, 6.07) is -0.920. The van der Waals surface area contributed by atoms with Crippen molar-refractivity contribution in [3.8, 4) is 0 Å². The van der Waals surface area contributed by atoms with Crippen LogP contribution >= 0.6 is 7.82 Å². The van der Waals surface area contributed by atoms with Crippen molar-refractivity contribution < 1.29 is 32.9 Å². The molecule has 0 aromatic heterocycles. The number of hydrogen-bond acceptors (Lipinski definition) is 6. The van der Waals surface area contributed by atoms with Crippen molar-refractivity contribution in [2.24, 2.45) is 0 Å².